The summed E-state index contributed by atoms with van der Waals surface area (Å²) in [5.41, 5.74) is 0.332. The summed E-state index contributed by atoms with van der Waals surface area (Å²) in [6.07, 6.45) is -0.754. The summed E-state index contributed by atoms with van der Waals surface area (Å²) in [5.74, 6) is 0.292. The fraction of sp³-hybridized carbons (Fsp3) is 0.200. The Labute approximate surface area is 139 Å². The smallest absolute Gasteiger partial charge is 0.147 e. The summed E-state index contributed by atoms with van der Waals surface area (Å²) in [5, 5.41) is 12.8. The second kappa shape index (κ2) is 7.77. The van der Waals surface area contributed by atoms with Gasteiger partial charge in [-0.05, 0) is 46.3 Å². The quantitative estimate of drug-likeness (QED) is 0.738. The van der Waals surface area contributed by atoms with Crippen molar-refractivity contribution in [2.45, 2.75) is 6.10 Å². The third-order valence-electron chi connectivity index (χ3n) is 2.72. The number of rotatable bonds is 6. The number of benzene rings is 2. The molecule has 2 aromatic rings. The van der Waals surface area contributed by atoms with Crippen LogP contribution in [0, 0.1) is 5.82 Å². The van der Waals surface area contributed by atoms with Gasteiger partial charge in [-0.25, -0.2) is 4.39 Å². The van der Waals surface area contributed by atoms with Gasteiger partial charge in [0.15, 0.2) is 0 Å². The maximum Gasteiger partial charge on any atom is 0.147 e. The highest BCUT2D eigenvalue weighted by Gasteiger charge is 2.10. The van der Waals surface area contributed by atoms with E-state index in [1.54, 1.807) is 18.2 Å². The van der Waals surface area contributed by atoms with Crippen LogP contribution >= 0.6 is 31.9 Å². The summed E-state index contributed by atoms with van der Waals surface area (Å²) in [6.45, 7) is 0.309. The van der Waals surface area contributed by atoms with Gasteiger partial charge in [0.1, 0.15) is 24.3 Å². The first-order valence-electron chi connectivity index (χ1n) is 6.30. The molecule has 0 saturated heterocycles. The molecule has 0 aliphatic rings. The van der Waals surface area contributed by atoms with Crippen LogP contribution in [0.1, 0.15) is 0 Å². The Morgan fingerprint density at radius 2 is 1.95 bits per heavy atom. The third kappa shape index (κ3) is 4.98. The lowest BCUT2D eigenvalue weighted by Gasteiger charge is -2.15. The highest BCUT2D eigenvalue weighted by Crippen LogP contribution is 2.25. The van der Waals surface area contributed by atoms with Gasteiger partial charge in [-0.15, -0.1) is 0 Å². The van der Waals surface area contributed by atoms with E-state index in [1.165, 1.54) is 6.07 Å². The summed E-state index contributed by atoms with van der Waals surface area (Å²) in [7, 11) is 0. The van der Waals surface area contributed by atoms with Crippen LogP contribution in [0.3, 0.4) is 0 Å². The summed E-state index contributed by atoms with van der Waals surface area (Å²) < 4.78 is 20.6. The van der Waals surface area contributed by atoms with Gasteiger partial charge < -0.3 is 15.2 Å². The average molecular weight is 419 g/mol. The topological polar surface area (TPSA) is 41.5 Å². The lowest BCUT2D eigenvalue weighted by Crippen LogP contribution is -2.26. The van der Waals surface area contributed by atoms with E-state index in [4.69, 9.17) is 4.74 Å². The molecular formula is C15H14Br2FNO2. The first kappa shape index (κ1) is 16.3. The number of ether oxygens (including phenoxy) is 1. The lowest BCUT2D eigenvalue weighted by atomic mass is 10.3. The SMILES string of the molecule is OC(CNc1c(F)cccc1Br)COc1cccc(Br)c1. The highest BCUT2D eigenvalue weighted by molar-refractivity contribution is 9.10. The predicted molar refractivity (Wildman–Crippen MR) is 88.2 cm³/mol. The largest absolute Gasteiger partial charge is 0.491 e. The Morgan fingerprint density at radius 3 is 2.67 bits per heavy atom. The molecule has 21 heavy (non-hydrogen) atoms. The molecule has 0 bridgehead atoms. The van der Waals surface area contributed by atoms with Crippen molar-refractivity contribution in [2.75, 3.05) is 18.5 Å². The van der Waals surface area contributed by atoms with E-state index in [9.17, 15) is 9.50 Å². The fourth-order valence-corrected chi connectivity index (χ4v) is 2.56. The van der Waals surface area contributed by atoms with Gasteiger partial charge in [-0.3, -0.25) is 0 Å². The van der Waals surface area contributed by atoms with Gasteiger partial charge in [0.25, 0.3) is 0 Å². The Balaban J connectivity index is 1.84. The first-order chi connectivity index (χ1) is 10.1. The molecule has 0 aliphatic carbocycles. The normalized spacial score (nSPS) is 12.0. The van der Waals surface area contributed by atoms with Gasteiger partial charge in [-0.1, -0.05) is 28.1 Å². The van der Waals surface area contributed by atoms with E-state index in [2.05, 4.69) is 37.2 Å². The van der Waals surface area contributed by atoms with Crippen LogP contribution in [0.15, 0.2) is 51.4 Å². The number of aliphatic hydroxyl groups is 1. The lowest BCUT2D eigenvalue weighted by molar-refractivity contribution is 0.117. The van der Waals surface area contributed by atoms with E-state index < -0.39 is 6.10 Å². The second-order valence-electron chi connectivity index (χ2n) is 4.40. The number of para-hydroxylation sites is 1. The molecule has 3 nitrogen and oxygen atoms in total. The molecule has 0 fully saturated rings. The van der Waals surface area contributed by atoms with E-state index in [0.29, 0.717) is 15.9 Å². The van der Waals surface area contributed by atoms with Crippen molar-refractivity contribution in [3.8, 4) is 5.75 Å². The molecule has 2 N–H and O–H groups in total. The number of anilines is 1. The van der Waals surface area contributed by atoms with Gasteiger partial charge in [0.2, 0.25) is 0 Å². The van der Waals surface area contributed by atoms with E-state index in [1.807, 2.05) is 18.2 Å². The predicted octanol–water partition coefficient (Wildman–Crippen LogP) is 4.20. The molecule has 0 radical (unpaired) electrons. The van der Waals surface area contributed by atoms with Crippen molar-refractivity contribution >= 4 is 37.5 Å². The molecule has 2 rings (SSSR count). The van der Waals surface area contributed by atoms with Crippen LogP contribution in [0.25, 0.3) is 0 Å². The summed E-state index contributed by atoms with van der Waals surface area (Å²) in [4.78, 5) is 0. The minimum atomic E-state index is -0.754. The van der Waals surface area contributed by atoms with Crippen molar-refractivity contribution < 1.29 is 14.2 Å². The van der Waals surface area contributed by atoms with Gasteiger partial charge in [0, 0.05) is 15.5 Å². The van der Waals surface area contributed by atoms with E-state index in [-0.39, 0.29) is 19.0 Å². The Hall–Kier alpha value is -1.11. The van der Waals surface area contributed by atoms with Gasteiger partial charge in [-0.2, -0.15) is 0 Å². The molecule has 0 aromatic heterocycles. The molecule has 0 aliphatic heterocycles. The Morgan fingerprint density at radius 1 is 1.19 bits per heavy atom. The minimum Gasteiger partial charge on any atom is -0.491 e. The van der Waals surface area contributed by atoms with Crippen LogP contribution in [0.5, 0.6) is 5.75 Å². The molecule has 0 saturated carbocycles. The molecule has 0 heterocycles. The number of hydrogen-bond acceptors (Lipinski definition) is 3. The van der Waals surface area contributed by atoms with Crippen molar-refractivity contribution in [3.63, 3.8) is 0 Å². The maximum atomic E-state index is 13.6. The number of hydrogen-bond donors (Lipinski definition) is 2. The van der Waals surface area contributed by atoms with Gasteiger partial charge >= 0.3 is 0 Å². The van der Waals surface area contributed by atoms with Crippen molar-refractivity contribution in [2.24, 2.45) is 0 Å². The van der Waals surface area contributed by atoms with Crippen LogP contribution < -0.4 is 10.1 Å². The van der Waals surface area contributed by atoms with Crippen molar-refractivity contribution in [1.29, 1.82) is 0 Å². The molecule has 112 valence electrons. The van der Waals surface area contributed by atoms with Crippen LogP contribution in [0.4, 0.5) is 10.1 Å². The Kier molecular flexibility index (Phi) is 6.02. The molecular weight excluding hydrogens is 405 g/mol. The van der Waals surface area contributed by atoms with Crippen molar-refractivity contribution in [3.05, 3.63) is 57.2 Å². The van der Waals surface area contributed by atoms with Crippen LogP contribution in [0.2, 0.25) is 0 Å². The average Bonchev–Trinajstić information content (AvgIpc) is 2.45. The monoisotopic (exact) mass is 417 g/mol. The fourth-order valence-electron chi connectivity index (χ4n) is 1.69. The maximum absolute atomic E-state index is 13.6. The number of nitrogens with one attached hydrogen (secondary N) is 1. The standard InChI is InChI=1S/C15H14Br2FNO2/c16-10-3-1-4-12(7-10)21-9-11(20)8-19-15-13(17)5-2-6-14(15)18/h1-7,11,19-20H,8-9H2. The van der Waals surface area contributed by atoms with E-state index >= 15 is 0 Å². The van der Waals surface area contributed by atoms with E-state index in [0.717, 1.165) is 4.47 Å². The summed E-state index contributed by atoms with van der Waals surface area (Å²) in [6, 6.07) is 12.1. The van der Waals surface area contributed by atoms with Crippen LogP contribution in [-0.4, -0.2) is 24.4 Å². The van der Waals surface area contributed by atoms with Crippen molar-refractivity contribution in [1.82, 2.24) is 0 Å². The molecule has 1 atom stereocenters. The molecule has 1 unspecified atom stereocenters. The molecule has 2 aromatic carbocycles. The van der Waals surface area contributed by atoms with Gasteiger partial charge in [0.05, 0.1) is 5.69 Å². The number of halogens is 3. The summed E-state index contributed by atoms with van der Waals surface area (Å²) >= 11 is 6.60. The third-order valence-corrected chi connectivity index (χ3v) is 3.87. The zero-order valence-corrected chi connectivity index (χ0v) is 14.2. The highest BCUT2D eigenvalue weighted by atomic mass is 79.9. The Bertz CT molecular complexity index is 590. The molecule has 6 heteroatoms. The second-order valence-corrected chi connectivity index (χ2v) is 6.17. The number of aliphatic hydroxyl groups excluding tert-OH is 1. The molecule has 0 amide bonds. The zero-order chi connectivity index (χ0) is 15.2. The zero-order valence-electron chi connectivity index (χ0n) is 11.0. The minimum absolute atomic E-state index is 0.121. The van der Waals surface area contributed by atoms with Crippen LogP contribution in [-0.2, 0) is 0 Å². The molecule has 0 spiro atoms. The first-order valence-corrected chi connectivity index (χ1v) is 7.89.